The lowest BCUT2D eigenvalue weighted by molar-refractivity contribution is -0.00586. The second-order valence-corrected chi connectivity index (χ2v) is 4.34. The average Bonchev–Trinajstić information content (AvgIpc) is 1.25. The van der Waals surface area contributed by atoms with Crippen LogP contribution < -0.4 is 0 Å². The van der Waals surface area contributed by atoms with Crippen LogP contribution in [-0.2, 0) is 0 Å². The average molecular weight is 187 g/mol. The molecule has 0 aromatic rings. The number of hydrogen-bond acceptors (Lipinski definition) is 0. The van der Waals surface area contributed by atoms with Crippen molar-refractivity contribution in [3.05, 3.63) is 0 Å². The van der Waals surface area contributed by atoms with E-state index in [0.29, 0.717) is 0 Å². The van der Waals surface area contributed by atoms with E-state index in [1.54, 1.807) is 0 Å². The summed E-state index contributed by atoms with van der Waals surface area (Å²) in [6.07, 6.45) is 0. The Kier molecular flexibility index (Phi) is 2.02. The van der Waals surface area contributed by atoms with Crippen molar-refractivity contribution < 1.29 is 8.78 Å². The van der Waals surface area contributed by atoms with E-state index in [-0.39, 0.29) is 0 Å². The molecule has 0 aromatic heterocycles. The van der Waals surface area contributed by atoms with Gasteiger partial charge in [0.1, 0.15) is 0 Å². The van der Waals surface area contributed by atoms with Gasteiger partial charge in [0.05, 0.1) is 4.32 Å². The topological polar surface area (TPSA) is 0 Å². The predicted octanol–water partition coefficient (Wildman–Crippen LogP) is 2.82. The van der Waals surface area contributed by atoms with E-state index >= 15 is 0 Å². The van der Waals surface area contributed by atoms with Crippen molar-refractivity contribution in [2.24, 2.45) is 0 Å². The Hall–Kier alpha value is 0.340. The lowest BCUT2D eigenvalue weighted by atomic mass is 10.1. The summed E-state index contributed by atoms with van der Waals surface area (Å²) >= 11 is 2.85. The quantitative estimate of drug-likeness (QED) is 0.553. The molecule has 0 amide bonds. The molecule has 0 aliphatic carbocycles. The van der Waals surface area contributed by atoms with Crippen molar-refractivity contribution in [3.8, 4) is 0 Å². The summed E-state index contributed by atoms with van der Waals surface area (Å²) in [6, 6.07) is 0. The number of hydrogen-bond donors (Lipinski definition) is 0. The molecule has 0 nitrogen and oxygen atoms in total. The third kappa shape index (κ3) is 2.07. The Morgan fingerprint density at radius 1 is 1.12 bits per heavy atom. The summed E-state index contributed by atoms with van der Waals surface area (Å²) in [5, 5.41) is 0. The second kappa shape index (κ2) is 1.94. The summed E-state index contributed by atoms with van der Waals surface area (Å²) in [7, 11) is 0. The van der Waals surface area contributed by atoms with Gasteiger partial charge in [-0.25, -0.2) is 8.78 Å². The largest absolute Gasteiger partial charge is 0.259 e. The highest BCUT2D eigenvalue weighted by atomic mass is 79.9. The molecule has 3 heteroatoms. The zero-order chi connectivity index (χ0) is 7.00. The minimum Gasteiger partial charge on any atom is -0.206 e. The van der Waals surface area contributed by atoms with Gasteiger partial charge in [0.2, 0.25) is 0 Å². The van der Waals surface area contributed by atoms with Crippen LogP contribution in [0.5, 0.6) is 0 Å². The van der Waals surface area contributed by atoms with Gasteiger partial charge in [-0.2, -0.15) is 0 Å². The SMILES string of the molecule is CC(F)(F)C(C)(C)Br. The molecule has 0 N–H and O–H groups in total. The molecule has 0 heterocycles. The minimum atomic E-state index is -2.65. The van der Waals surface area contributed by atoms with Gasteiger partial charge in [0, 0.05) is 6.92 Å². The van der Waals surface area contributed by atoms with Gasteiger partial charge in [0.25, 0.3) is 5.92 Å². The standard InChI is InChI=1S/C5H9BrF2/c1-4(2,6)5(3,7)8/h1-3H3. The van der Waals surface area contributed by atoms with Crippen LogP contribution in [0, 0.1) is 0 Å². The maximum absolute atomic E-state index is 12.2. The van der Waals surface area contributed by atoms with Crippen molar-refractivity contribution in [3.63, 3.8) is 0 Å². The van der Waals surface area contributed by atoms with Gasteiger partial charge in [0.15, 0.2) is 0 Å². The van der Waals surface area contributed by atoms with Gasteiger partial charge >= 0.3 is 0 Å². The monoisotopic (exact) mass is 186 g/mol. The first-order valence-corrected chi connectivity index (χ1v) is 3.11. The van der Waals surface area contributed by atoms with Gasteiger partial charge in [-0.1, -0.05) is 15.9 Å². The normalized spacial score (nSPS) is 14.2. The van der Waals surface area contributed by atoms with Crippen molar-refractivity contribution in [1.82, 2.24) is 0 Å². The zero-order valence-electron chi connectivity index (χ0n) is 5.13. The van der Waals surface area contributed by atoms with E-state index in [4.69, 9.17) is 0 Å². The molecule has 8 heavy (non-hydrogen) atoms. The highest BCUT2D eigenvalue weighted by molar-refractivity contribution is 9.10. The molecule has 0 bridgehead atoms. The highest BCUT2D eigenvalue weighted by Gasteiger charge is 2.39. The zero-order valence-corrected chi connectivity index (χ0v) is 6.72. The minimum absolute atomic E-state index is 0.891. The van der Waals surface area contributed by atoms with Crippen LogP contribution in [0.25, 0.3) is 0 Å². The summed E-state index contributed by atoms with van der Waals surface area (Å²) in [5.74, 6) is -2.65. The molecule has 0 fully saturated rings. The molecule has 0 atom stereocenters. The second-order valence-electron chi connectivity index (χ2n) is 2.36. The fourth-order valence-electron chi connectivity index (χ4n) is 0. The van der Waals surface area contributed by atoms with Gasteiger partial charge in [-0.15, -0.1) is 0 Å². The van der Waals surface area contributed by atoms with E-state index in [1.807, 2.05) is 0 Å². The summed E-state index contributed by atoms with van der Waals surface area (Å²) < 4.78 is 23.3. The molecule has 0 aliphatic rings. The van der Waals surface area contributed by atoms with E-state index in [0.717, 1.165) is 6.92 Å². The van der Waals surface area contributed by atoms with Gasteiger partial charge < -0.3 is 0 Å². The lowest BCUT2D eigenvalue weighted by Gasteiger charge is -2.23. The first kappa shape index (κ1) is 8.34. The van der Waals surface area contributed by atoms with Crippen LogP contribution >= 0.6 is 15.9 Å². The van der Waals surface area contributed by atoms with Crippen LogP contribution in [0.4, 0.5) is 8.78 Å². The van der Waals surface area contributed by atoms with Crippen LogP contribution in [0.1, 0.15) is 20.8 Å². The van der Waals surface area contributed by atoms with E-state index < -0.39 is 10.2 Å². The van der Waals surface area contributed by atoms with Crippen molar-refractivity contribution in [2.45, 2.75) is 31.0 Å². The third-order valence-corrected chi connectivity index (χ3v) is 1.74. The molecule has 0 aromatic carbocycles. The molecule has 0 spiro atoms. The van der Waals surface area contributed by atoms with E-state index in [9.17, 15) is 8.78 Å². The molecule has 0 rings (SSSR count). The number of alkyl halides is 3. The van der Waals surface area contributed by atoms with Crippen molar-refractivity contribution in [1.29, 1.82) is 0 Å². The number of halogens is 3. The molecule has 50 valence electrons. The van der Waals surface area contributed by atoms with E-state index in [1.165, 1.54) is 13.8 Å². The molecule has 0 radical (unpaired) electrons. The van der Waals surface area contributed by atoms with E-state index in [2.05, 4.69) is 15.9 Å². The predicted molar refractivity (Wildman–Crippen MR) is 33.6 cm³/mol. The molecule has 0 saturated carbocycles. The molecule has 0 unspecified atom stereocenters. The Morgan fingerprint density at radius 2 is 1.25 bits per heavy atom. The van der Waals surface area contributed by atoms with Crippen LogP contribution in [0.2, 0.25) is 0 Å². The van der Waals surface area contributed by atoms with Crippen molar-refractivity contribution in [2.75, 3.05) is 0 Å². The maximum Gasteiger partial charge on any atom is 0.259 e. The summed E-state index contributed by atoms with van der Waals surface area (Å²) in [4.78, 5) is 0. The molecule has 0 saturated heterocycles. The maximum atomic E-state index is 12.2. The van der Waals surface area contributed by atoms with Gasteiger partial charge in [-0.3, -0.25) is 0 Å². The first-order valence-electron chi connectivity index (χ1n) is 2.32. The van der Waals surface area contributed by atoms with Crippen LogP contribution in [0.3, 0.4) is 0 Å². The third-order valence-electron chi connectivity index (χ3n) is 1.04. The summed E-state index contributed by atoms with van der Waals surface area (Å²) in [5.41, 5.74) is 0. The smallest absolute Gasteiger partial charge is 0.206 e. The Labute approximate surface area is 56.4 Å². The first-order chi connectivity index (χ1) is 3.25. The Morgan fingerprint density at radius 3 is 1.25 bits per heavy atom. The lowest BCUT2D eigenvalue weighted by Crippen LogP contribution is -2.33. The fourth-order valence-corrected chi connectivity index (χ4v) is 0. The summed E-state index contributed by atoms with van der Waals surface area (Å²) in [6.45, 7) is 3.77. The van der Waals surface area contributed by atoms with Crippen LogP contribution in [0.15, 0.2) is 0 Å². The molecular weight excluding hydrogens is 178 g/mol. The fraction of sp³-hybridized carbons (Fsp3) is 1.00. The van der Waals surface area contributed by atoms with Crippen LogP contribution in [-0.4, -0.2) is 10.2 Å². The molecular formula is C5H9BrF2. The molecule has 0 aliphatic heterocycles. The Bertz CT molecular complexity index is 65.4. The number of rotatable bonds is 1. The Balaban J connectivity index is 4.02. The van der Waals surface area contributed by atoms with Crippen molar-refractivity contribution >= 4 is 15.9 Å². The highest BCUT2D eigenvalue weighted by Crippen LogP contribution is 2.34. The van der Waals surface area contributed by atoms with Gasteiger partial charge in [-0.05, 0) is 13.8 Å².